The fourth-order valence-electron chi connectivity index (χ4n) is 0.531. The van der Waals surface area contributed by atoms with E-state index in [0.29, 0.717) is 5.88 Å². The highest BCUT2D eigenvalue weighted by atomic mass is 16.5. The third-order valence-electron chi connectivity index (χ3n) is 0.828. The summed E-state index contributed by atoms with van der Waals surface area (Å²) in [5, 5.41) is 7.11. The largest absolute Gasteiger partial charge is 0.474 e. The van der Waals surface area contributed by atoms with E-state index in [1.807, 2.05) is 13.8 Å². The number of ether oxygens (including phenoxy) is 1. The Balaban J connectivity index is 2.59. The predicted octanol–water partition coefficient (Wildman–Crippen LogP) is 0.659. The van der Waals surface area contributed by atoms with Crippen molar-refractivity contribution >= 4 is 0 Å². The van der Waals surface area contributed by atoms with Gasteiger partial charge in [0, 0.05) is 0 Å². The van der Waals surface area contributed by atoms with Crippen LogP contribution in [0, 0.1) is 0 Å². The summed E-state index contributed by atoms with van der Waals surface area (Å²) in [7, 11) is 0. The minimum absolute atomic E-state index is 0.136. The summed E-state index contributed by atoms with van der Waals surface area (Å²) in [6.07, 6.45) is 2.98. The van der Waals surface area contributed by atoms with E-state index in [-0.39, 0.29) is 6.10 Å². The Labute approximate surface area is 59.3 Å². The maximum atomic E-state index is 5.20. The summed E-state index contributed by atoms with van der Waals surface area (Å²) in [6, 6.07) is 0. The van der Waals surface area contributed by atoms with Gasteiger partial charge in [0.15, 0.2) is 0 Å². The SMILES string of the molecule is CC(C)Oc1cnncn1. The zero-order chi connectivity index (χ0) is 7.40. The highest BCUT2D eigenvalue weighted by Crippen LogP contribution is 2.01. The molecule has 0 fully saturated rings. The van der Waals surface area contributed by atoms with Gasteiger partial charge >= 0.3 is 0 Å². The first-order valence-corrected chi connectivity index (χ1v) is 3.08. The molecule has 1 rings (SSSR count). The van der Waals surface area contributed by atoms with E-state index in [0.717, 1.165) is 0 Å². The smallest absolute Gasteiger partial charge is 0.235 e. The zero-order valence-electron chi connectivity index (χ0n) is 5.98. The van der Waals surface area contributed by atoms with Gasteiger partial charge in [0.25, 0.3) is 0 Å². The van der Waals surface area contributed by atoms with Gasteiger partial charge in [-0.2, -0.15) is 10.1 Å². The van der Waals surface area contributed by atoms with Crippen LogP contribution in [0.2, 0.25) is 0 Å². The van der Waals surface area contributed by atoms with E-state index in [2.05, 4.69) is 15.2 Å². The van der Waals surface area contributed by atoms with E-state index in [4.69, 9.17) is 4.74 Å². The van der Waals surface area contributed by atoms with Crippen LogP contribution < -0.4 is 4.74 Å². The quantitative estimate of drug-likeness (QED) is 0.603. The van der Waals surface area contributed by atoms with Gasteiger partial charge in [-0.15, -0.1) is 5.10 Å². The molecule has 0 N–H and O–H groups in total. The lowest BCUT2D eigenvalue weighted by Crippen LogP contribution is -2.07. The topological polar surface area (TPSA) is 47.9 Å². The first-order chi connectivity index (χ1) is 4.79. The number of nitrogens with zero attached hydrogens (tertiary/aromatic N) is 3. The second-order valence-corrected chi connectivity index (χ2v) is 2.11. The van der Waals surface area contributed by atoms with Crippen molar-refractivity contribution in [1.82, 2.24) is 15.2 Å². The van der Waals surface area contributed by atoms with E-state index >= 15 is 0 Å². The molecule has 1 aromatic rings. The number of aromatic nitrogens is 3. The third kappa shape index (κ3) is 1.97. The van der Waals surface area contributed by atoms with Gasteiger partial charge < -0.3 is 4.74 Å². The maximum absolute atomic E-state index is 5.20. The Bertz CT molecular complexity index is 187. The highest BCUT2D eigenvalue weighted by Gasteiger charge is 1.95. The summed E-state index contributed by atoms with van der Waals surface area (Å²) >= 11 is 0. The summed E-state index contributed by atoms with van der Waals surface area (Å²) in [4.78, 5) is 3.82. The van der Waals surface area contributed by atoms with Gasteiger partial charge in [-0.1, -0.05) is 0 Å². The Kier molecular flexibility index (Phi) is 2.15. The lowest BCUT2D eigenvalue weighted by Gasteiger charge is -2.05. The molecule has 0 aliphatic carbocycles. The Hall–Kier alpha value is -1.19. The number of rotatable bonds is 2. The van der Waals surface area contributed by atoms with E-state index < -0.39 is 0 Å². The van der Waals surface area contributed by atoms with Gasteiger partial charge in [-0.05, 0) is 13.8 Å². The first kappa shape index (κ1) is 6.92. The first-order valence-electron chi connectivity index (χ1n) is 3.08. The fraction of sp³-hybridized carbons (Fsp3) is 0.500. The number of hydrogen-bond donors (Lipinski definition) is 0. The molecular weight excluding hydrogens is 130 g/mol. The average molecular weight is 139 g/mol. The van der Waals surface area contributed by atoms with Crippen LogP contribution in [0.15, 0.2) is 12.5 Å². The maximum Gasteiger partial charge on any atom is 0.235 e. The van der Waals surface area contributed by atoms with Crippen LogP contribution in [0.1, 0.15) is 13.8 Å². The minimum Gasteiger partial charge on any atom is -0.474 e. The highest BCUT2D eigenvalue weighted by molar-refractivity contribution is 4.98. The summed E-state index contributed by atoms with van der Waals surface area (Å²) in [5.41, 5.74) is 0. The average Bonchev–Trinajstić information content (AvgIpc) is 1.88. The molecule has 10 heavy (non-hydrogen) atoms. The van der Waals surface area contributed by atoms with Crippen LogP contribution in [0.3, 0.4) is 0 Å². The molecule has 0 atom stereocenters. The fourth-order valence-corrected chi connectivity index (χ4v) is 0.531. The predicted molar refractivity (Wildman–Crippen MR) is 35.6 cm³/mol. The molecule has 0 bridgehead atoms. The Morgan fingerprint density at radius 3 is 2.70 bits per heavy atom. The lowest BCUT2D eigenvalue weighted by molar-refractivity contribution is 0.230. The van der Waals surface area contributed by atoms with Crippen molar-refractivity contribution in [3.8, 4) is 5.88 Å². The van der Waals surface area contributed by atoms with E-state index in [9.17, 15) is 0 Å². The lowest BCUT2D eigenvalue weighted by atomic mass is 10.5. The van der Waals surface area contributed by atoms with Gasteiger partial charge in [0.05, 0.1) is 6.10 Å². The molecule has 0 radical (unpaired) electrons. The van der Waals surface area contributed by atoms with Crippen molar-refractivity contribution < 1.29 is 4.74 Å². The molecule has 1 aromatic heterocycles. The Morgan fingerprint density at radius 1 is 1.40 bits per heavy atom. The van der Waals surface area contributed by atoms with Crippen molar-refractivity contribution in [2.75, 3.05) is 0 Å². The Morgan fingerprint density at radius 2 is 2.20 bits per heavy atom. The standard InChI is InChI=1S/C6H9N3O/c1-5(2)10-6-3-8-9-4-7-6/h3-5H,1-2H3. The molecule has 0 spiro atoms. The van der Waals surface area contributed by atoms with Crippen LogP contribution in [-0.2, 0) is 0 Å². The second-order valence-electron chi connectivity index (χ2n) is 2.11. The van der Waals surface area contributed by atoms with Crippen molar-refractivity contribution in [2.24, 2.45) is 0 Å². The molecule has 0 unspecified atom stereocenters. The third-order valence-corrected chi connectivity index (χ3v) is 0.828. The normalized spacial score (nSPS) is 9.90. The second kappa shape index (κ2) is 3.10. The molecule has 0 saturated heterocycles. The van der Waals surface area contributed by atoms with Gasteiger partial charge in [-0.3, -0.25) is 0 Å². The van der Waals surface area contributed by atoms with Crippen molar-refractivity contribution in [3.63, 3.8) is 0 Å². The molecule has 0 aliphatic heterocycles. The van der Waals surface area contributed by atoms with Gasteiger partial charge in [0.2, 0.25) is 5.88 Å². The molecule has 0 aliphatic rings. The van der Waals surface area contributed by atoms with Gasteiger partial charge in [-0.25, -0.2) is 0 Å². The van der Waals surface area contributed by atoms with Crippen molar-refractivity contribution in [2.45, 2.75) is 20.0 Å². The summed E-state index contributed by atoms with van der Waals surface area (Å²) < 4.78 is 5.20. The summed E-state index contributed by atoms with van der Waals surface area (Å²) in [5.74, 6) is 0.519. The van der Waals surface area contributed by atoms with Crippen LogP contribution >= 0.6 is 0 Å². The molecular formula is C6H9N3O. The minimum atomic E-state index is 0.136. The van der Waals surface area contributed by atoms with Gasteiger partial charge in [0.1, 0.15) is 12.5 Å². The molecule has 1 heterocycles. The van der Waals surface area contributed by atoms with Crippen LogP contribution in [0.5, 0.6) is 5.88 Å². The molecule has 0 aromatic carbocycles. The van der Waals surface area contributed by atoms with E-state index in [1.165, 1.54) is 12.5 Å². The van der Waals surface area contributed by atoms with Crippen LogP contribution in [-0.4, -0.2) is 21.3 Å². The summed E-state index contributed by atoms with van der Waals surface area (Å²) in [6.45, 7) is 3.87. The zero-order valence-corrected chi connectivity index (χ0v) is 5.98. The molecule has 0 amide bonds. The van der Waals surface area contributed by atoms with E-state index in [1.54, 1.807) is 0 Å². The van der Waals surface area contributed by atoms with Crippen molar-refractivity contribution in [3.05, 3.63) is 12.5 Å². The van der Waals surface area contributed by atoms with Crippen LogP contribution in [0.25, 0.3) is 0 Å². The molecule has 0 saturated carbocycles. The molecule has 4 nitrogen and oxygen atoms in total. The number of hydrogen-bond acceptors (Lipinski definition) is 4. The molecule has 54 valence electrons. The molecule has 4 heteroatoms. The van der Waals surface area contributed by atoms with Crippen LogP contribution in [0.4, 0.5) is 0 Å². The monoisotopic (exact) mass is 139 g/mol. The van der Waals surface area contributed by atoms with Crippen molar-refractivity contribution in [1.29, 1.82) is 0 Å².